The molecule has 0 aliphatic carbocycles. The van der Waals surface area contributed by atoms with Gasteiger partial charge in [0.25, 0.3) is 0 Å². The van der Waals surface area contributed by atoms with Gasteiger partial charge in [-0.2, -0.15) is 0 Å². The Morgan fingerprint density at radius 2 is 2.24 bits per heavy atom. The molecule has 1 amide bonds. The zero-order chi connectivity index (χ0) is 12.3. The number of anilines is 1. The van der Waals surface area contributed by atoms with E-state index in [9.17, 15) is 4.79 Å². The van der Waals surface area contributed by atoms with Crippen LogP contribution < -0.4 is 5.32 Å². The number of nitrogens with one attached hydrogen (secondary N) is 1. The van der Waals surface area contributed by atoms with Gasteiger partial charge in [-0.05, 0) is 31.9 Å². The summed E-state index contributed by atoms with van der Waals surface area (Å²) in [4.78, 5) is 18.0. The van der Waals surface area contributed by atoms with Crippen LogP contribution in [0.5, 0.6) is 0 Å². The first-order chi connectivity index (χ1) is 8.13. The van der Waals surface area contributed by atoms with Crippen molar-refractivity contribution in [1.29, 1.82) is 0 Å². The number of thiophene rings is 1. The molecule has 2 aromatic rings. The number of aryl methyl sites for hydroxylation is 3. The lowest BCUT2D eigenvalue weighted by molar-refractivity contribution is -0.114. The number of nitrogens with zero attached hydrogens (tertiary/aromatic N) is 1. The van der Waals surface area contributed by atoms with Gasteiger partial charge in [-0.15, -0.1) is 22.7 Å². The predicted molar refractivity (Wildman–Crippen MR) is 72.9 cm³/mol. The van der Waals surface area contributed by atoms with Gasteiger partial charge in [0.05, 0.1) is 5.69 Å². The Balaban J connectivity index is 1.91. The Hall–Kier alpha value is -1.20. The monoisotopic (exact) mass is 266 g/mol. The molecule has 0 radical (unpaired) electrons. The van der Waals surface area contributed by atoms with Gasteiger partial charge < -0.3 is 5.32 Å². The number of amides is 1. The van der Waals surface area contributed by atoms with Crippen molar-refractivity contribution < 1.29 is 4.79 Å². The van der Waals surface area contributed by atoms with Crippen LogP contribution >= 0.6 is 22.7 Å². The van der Waals surface area contributed by atoms with Crippen LogP contribution in [-0.2, 0) is 17.6 Å². The fourth-order valence-electron chi connectivity index (χ4n) is 1.50. The van der Waals surface area contributed by atoms with Crippen molar-refractivity contribution >= 4 is 33.7 Å². The molecular formula is C12H14N2OS2. The standard InChI is InChI=1S/C12H14N2OS2/c1-8-3-5-11(17-8)6-4-10-7-16-12(14-10)13-9(2)15/h3,5,7H,4,6H2,1-2H3,(H,13,14,15). The van der Waals surface area contributed by atoms with E-state index < -0.39 is 0 Å². The first kappa shape index (κ1) is 12.3. The maximum absolute atomic E-state index is 10.9. The normalized spacial score (nSPS) is 10.5. The third kappa shape index (κ3) is 3.64. The number of thiazole rings is 1. The van der Waals surface area contributed by atoms with Gasteiger partial charge in [-0.1, -0.05) is 0 Å². The third-order valence-corrected chi connectivity index (χ3v) is 4.13. The van der Waals surface area contributed by atoms with Crippen molar-refractivity contribution in [3.8, 4) is 0 Å². The van der Waals surface area contributed by atoms with Crippen molar-refractivity contribution in [3.63, 3.8) is 0 Å². The second-order valence-electron chi connectivity index (χ2n) is 3.84. The number of carbonyl (C=O) groups is 1. The van der Waals surface area contributed by atoms with E-state index >= 15 is 0 Å². The molecule has 3 nitrogen and oxygen atoms in total. The Labute approximate surface area is 109 Å². The molecule has 5 heteroatoms. The molecule has 0 aliphatic rings. The topological polar surface area (TPSA) is 42.0 Å². The molecule has 2 rings (SSSR count). The fourth-order valence-corrected chi connectivity index (χ4v) is 3.18. The van der Waals surface area contributed by atoms with E-state index in [-0.39, 0.29) is 5.91 Å². The van der Waals surface area contributed by atoms with E-state index in [1.807, 2.05) is 16.7 Å². The van der Waals surface area contributed by atoms with Crippen LogP contribution in [0.15, 0.2) is 17.5 Å². The van der Waals surface area contributed by atoms with Crippen LogP contribution in [-0.4, -0.2) is 10.9 Å². The number of hydrogen-bond acceptors (Lipinski definition) is 4. The summed E-state index contributed by atoms with van der Waals surface area (Å²) in [5.41, 5.74) is 1.05. The zero-order valence-electron chi connectivity index (χ0n) is 9.82. The Kier molecular flexibility index (Phi) is 3.91. The molecule has 0 saturated heterocycles. The summed E-state index contributed by atoms with van der Waals surface area (Å²) < 4.78 is 0. The van der Waals surface area contributed by atoms with Crippen LogP contribution in [0.25, 0.3) is 0 Å². The van der Waals surface area contributed by atoms with Crippen molar-refractivity contribution in [2.75, 3.05) is 5.32 Å². The quantitative estimate of drug-likeness (QED) is 0.923. The molecular weight excluding hydrogens is 252 g/mol. The molecule has 90 valence electrons. The number of hydrogen-bond donors (Lipinski definition) is 1. The van der Waals surface area contributed by atoms with Gasteiger partial charge in [0.1, 0.15) is 0 Å². The Morgan fingerprint density at radius 3 is 2.88 bits per heavy atom. The van der Waals surface area contributed by atoms with Crippen LogP contribution in [0.2, 0.25) is 0 Å². The SMILES string of the molecule is CC(=O)Nc1nc(CCc2ccc(C)s2)cs1. The molecule has 0 bridgehead atoms. The lowest BCUT2D eigenvalue weighted by Crippen LogP contribution is -2.05. The molecule has 0 aliphatic heterocycles. The zero-order valence-corrected chi connectivity index (χ0v) is 11.5. The number of carbonyl (C=O) groups excluding carboxylic acids is 1. The van der Waals surface area contributed by atoms with Crippen molar-refractivity contribution in [1.82, 2.24) is 4.98 Å². The van der Waals surface area contributed by atoms with E-state index in [4.69, 9.17) is 0 Å². The summed E-state index contributed by atoms with van der Waals surface area (Å²) in [5, 5.41) is 5.39. The van der Waals surface area contributed by atoms with Gasteiger partial charge in [0, 0.05) is 22.1 Å². The molecule has 2 heterocycles. The van der Waals surface area contributed by atoms with Gasteiger partial charge >= 0.3 is 0 Å². The van der Waals surface area contributed by atoms with Crippen molar-refractivity contribution in [2.24, 2.45) is 0 Å². The van der Waals surface area contributed by atoms with E-state index in [0.717, 1.165) is 18.5 Å². The summed E-state index contributed by atoms with van der Waals surface area (Å²) in [6.07, 6.45) is 1.94. The van der Waals surface area contributed by atoms with Gasteiger partial charge in [0.15, 0.2) is 5.13 Å². The van der Waals surface area contributed by atoms with Crippen molar-refractivity contribution in [3.05, 3.63) is 33.0 Å². The van der Waals surface area contributed by atoms with E-state index in [1.54, 1.807) is 0 Å². The summed E-state index contributed by atoms with van der Waals surface area (Å²) in [7, 11) is 0. The third-order valence-electron chi connectivity index (χ3n) is 2.26. The summed E-state index contributed by atoms with van der Waals surface area (Å²) in [5.74, 6) is -0.0696. The Morgan fingerprint density at radius 1 is 1.41 bits per heavy atom. The average molecular weight is 266 g/mol. The minimum Gasteiger partial charge on any atom is -0.302 e. The molecule has 1 N–H and O–H groups in total. The highest BCUT2D eigenvalue weighted by atomic mass is 32.1. The smallest absolute Gasteiger partial charge is 0.223 e. The molecule has 0 unspecified atom stereocenters. The molecule has 2 aromatic heterocycles. The highest BCUT2D eigenvalue weighted by Gasteiger charge is 2.04. The second-order valence-corrected chi connectivity index (χ2v) is 6.07. The van der Waals surface area contributed by atoms with Gasteiger partial charge in [0.2, 0.25) is 5.91 Å². The first-order valence-corrected chi connectivity index (χ1v) is 7.10. The highest BCUT2D eigenvalue weighted by molar-refractivity contribution is 7.14. The maximum atomic E-state index is 10.9. The largest absolute Gasteiger partial charge is 0.302 e. The fraction of sp³-hybridized carbons (Fsp3) is 0.333. The first-order valence-electron chi connectivity index (χ1n) is 5.41. The lowest BCUT2D eigenvalue weighted by atomic mass is 10.2. The van der Waals surface area contributed by atoms with Crippen LogP contribution in [0.1, 0.15) is 22.4 Å². The Bertz CT molecular complexity index is 516. The molecule has 17 heavy (non-hydrogen) atoms. The van der Waals surface area contributed by atoms with E-state index in [1.165, 1.54) is 28.0 Å². The van der Waals surface area contributed by atoms with Gasteiger partial charge in [-0.3, -0.25) is 4.79 Å². The van der Waals surface area contributed by atoms with Crippen LogP contribution in [0.4, 0.5) is 5.13 Å². The minimum absolute atomic E-state index is 0.0696. The molecule has 0 saturated carbocycles. The summed E-state index contributed by atoms with van der Waals surface area (Å²) in [6.45, 7) is 3.61. The highest BCUT2D eigenvalue weighted by Crippen LogP contribution is 2.20. The average Bonchev–Trinajstić information content (AvgIpc) is 2.84. The predicted octanol–water partition coefficient (Wildman–Crippen LogP) is 3.26. The summed E-state index contributed by atoms with van der Waals surface area (Å²) >= 11 is 3.31. The minimum atomic E-state index is -0.0696. The van der Waals surface area contributed by atoms with Crippen molar-refractivity contribution in [2.45, 2.75) is 26.7 Å². The molecule has 0 spiro atoms. The molecule has 0 atom stereocenters. The van der Waals surface area contributed by atoms with Crippen LogP contribution in [0, 0.1) is 6.92 Å². The van der Waals surface area contributed by atoms with Crippen LogP contribution in [0.3, 0.4) is 0 Å². The van der Waals surface area contributed by atoms with Gasteiger partial charge in [-0.25, -0.2) is 4.98 Å². The molecule has 0 aromatic carbocycles. The summed E-state index contributed by atoms with van der Waals surface area (Å²) in [6, 6.07) is 4.31. The maximum Gasteiger partial charge on any atom is 0.223 e. The van der Waals surface area contributed by atoms with E-state index in [0.29, 0.717) is 5.13 Å². The second kappa shape index (κ2) is 5.42. The number of aromatic nitrogens is 1. The lowest BCUT2D eigenvalue weighted by Gasteiger charge is -1.95. The number of rotatable bonds is 4. The molecule has 0 fully saturated rings. The van der Waals surface area contributed by atoms with E-state index in [2.05, 4.69) is 29.4 Å².